The van der Waals surface area contributed by atoms with E-state index in [2.05, 4.69) is 22.4 Å². The van der Waals surface area contributed by atoms with Gasteiger partial charge in [0.15, 0.2) is 0 Å². The van der Waals surface area contributed by atoms with Crippen LogP contribution in [-0.2, 0) is 0 Å². The lowest BCUT2D eigenvalue weighted by Crippen LogP contribution is -1.96. The number of hydrogen-bond donors (Lipinski definition) is 1. The highest BCUT2D eigenvalue weighted by Crippen LogP contribution is 1.89. The van der Waals surface area contributed by atoms with E-state index in [1.54, 1.807) is 12.3 Å². The Balaban J connectivity index is 2.93. The first kappa shape index (κ1) is 5.24. The fraction of sp³-hybridized carbons (Fsp3) is 0. The summed E-state index contributed by atoms with van der Waals surface area (Å²) in [7, 11) is 0. The van der Waals surface area contributed by atoms with Crippen LogP contribution in [0.3, 0.4) is 0 Å². The summed E-state index contributed by atoms with van der Waals surface area (Å²) in [5, 5.41) is 6.22. The van der Waals surface area contributed by atoms with Crippen LogP contribution >= 0.6 is 12.2 Å². The van der Waals surface area contributed by atoms with E-state index in [4.69, 9.17) is 5.73 Å². The summed E-state index contributed by atoms with van der Waals surface area (Å²) >= 11 is 4.50. The van der Waals surface area contributed by atoms with Crippen LogP contribution in [0.4, 0.5) is 0 Å². The third kappa shape index (κ3) is 0.840. The van der Waals surface area contributed by atoms with E-state index in [0.29, 0.717) is 5.69 Å². The first-order chi connectivity index (χ1) is 3.80. The Morgan fingerprint density at radius 1 is 1.88 bits per heavy atom. The SMILES string of the molecule is [NH]C(=S)c1cc[nH]n1. The standard InChI is InChI=1S/C4H4N3S/c5-4(8)3-1-2-6-7-3/h1-2,5H,(H,6,7). The van der Waals surface area contributed by atoms with E-state index >= 15 is 0 Å². The Morgan fingerprint density at radius 2 is 2.62 bits per heavy atom. The molecule has 0 aliphatic heterocycles. The number of aromatic nitrogens is 2. The molecule has 1 rings (SSSR count). The maximum absolute atomic E-state index is 6.88. The van der Waals surface area contributed by atoms with E-state index in [-0.39, 0.29) is 4.99 Å². The van der Waals surface area contributed by atoms with Gasteiger partial charge in [-0.2, -0.15) is 5.10 Å². The van der Waals surface area contributed by atoms with Crippen LogP contribution in [-0.4, -0.2) is 15.2 Å². The largest absolute Gasteiger partial charge is 0.288 e. The predicted octanol–water partition coefficient (Wildman–Crippen LogP) is 0.368. The van der Waals surface area contributed by atoms with Crippen molar-refractivity contribution in [3.63, 3.8) is 0 Å². The monoisotopic (exact) mass is 126 g/mol. The van der Waals surface area contributed by atoms with Crippen molar-refractivity contribution in [2.45, 2.75) is 0 Å². The summed E-state index contributed by atoms with van der Waals surface area (Å²) in [6.45, 7) is 0. The minimum atomic E-state index is 0.0752. The lowest BCUT2D eigenvalue weighted by atomic mass is 10.4. The van der Waals surface area contributed by atoms with Crippen LogP contribution < -0.4 is 5.73 Å². The molecule has 1 aromatic heterocycles. The maximum Gasteiger partial charge on any atom is 0.145 e. The molecule has 0 aromatic carbocycles. The molecule has 0 unspecified atom stereocenters. The molecule has 0 atom stereocenters. The van der Waals surface area contributed by atoms with Gasteiger partial charge in [-0.1, -0.05) is 12.2 Å². The van der Waals surface area contributed by atoms with Crippen molar-refractivity contribution in [2.24, 2.45) is 0 Å². The second kappa shape index (κ2) is 1.92. The van der Waals surface area contributed by atoms with Crippen molar-refractivity contribution in [2.75, 3.05) is 0 Å². The topological polar surface area (TPSA) is 52.5 Å². The molecule has 1 radical (unpaired) electrons. The minimum absolute atomic E-state index is 0.0752. The molecule has 0 saturated carbocycles. The molecule has 0 saturated heterocycles. The number of aromatic amines is 1. The van der Waals surface area contributed by atoms with Gasteiger partial charge in [-0.15, -0.1) is 0 Å². The van der Waals surface area contributed by atoms with Gasteiger partial charge < -0.3 is 0 Å². The van der Waals surface area contributed by atoms with Gasteiger partial charge in [-0.25, -0.2) is 0 Å². The van der Waals surface area contributed by atoms with Crippen molar-refractivity contribution < 1.29 is 0 Å². The van der Waals surface area contributed by atoms with E-state index in [9.17, 15) is 0 Å². The van der Waals surface area contributed by atoms with Crippen molar-refractivity contribution in [3.8, 4) is 0 Å². The molecule has 4 heteroatoms. The zero-order chi connectivity index (χ0) is 5.98. The summed E-state index contributed by atoms with van der Waals surface area (Å²) in [6, 6.07) is 1.66. The van der Waals surface area contributed by atoms with Gasteiger partial charge in [0, 0.05) is 6.20 Å². The molecule has 1 aromatic rings. The molecular weight excluding hydrogens is 122 g/mol. The van der Waals surface area contributed by atoms with Crippen molar-refractivity contribution >= 4 is 17.2 Å². The third-order valence-electron chi connectivity index (χ3n) is 0.733. The summed E-state index contributed by atoms with van der Waals surface area (Å²) in [5.41, 5.74) is 7.41. The maximum atomic E-state index is 6.88. The number of hydrogen-bond acceptors (Lipinski definition) is 2. The first-order valence-corrected chi connectivity index (χ1v) is 2.47. The number of rotatable bonds is 1. The smallest absolute Gasteiger partial charge is 0.145 e. The van der Waals surface area contributed by atoms with Crippen molar-refractivity contribution in [3.05, 3.63) is 18.0 Å². The van der Waals surface area contributed by atoms with Gasteiger partial charge >= 0.3 is 0 Å². The van der Waals surface area contributed by atoms with Crippen molar-refractivity contribution in [1.29, 1.82) is 0 Å². The van der Waals surface area contributed by atoms with E-state index < -0.39 is 0 Å². The molecule has 0 aliphatic rings. The molecule has 0 bridgehead atoms. The molecule has 0 aliphatic carbocycles. The molecule has 0 fully saturated rings. The fourth-order valence-corrected chi connectivity index (χ4v) is 0.500. The van der Waals surface area contributed by atoms with Crippen LogP contribution in [0.5, 0.6) is 0 Å². The van der Waals surface area contributed by atoms with Gasteiger partial charge in [0.25, 0.3) is 0 Å². The Kier molecular flexibility index (Phi) is 1.26. The Bertz CT molecular complexity index is 179. The lowest BCUT2D eigenvalue weighted by Gasteiger charge is -1.81. The summed E-state index contributed by atoms with van der Waals surface area (Å²) < 4.78 is 0. The average Bonchev–Trinajstić information content (AvgIpc) is 2.12. The number of nitrogens with zero attached hydrogens (tertiary/aromatic N) is 1. The molecule has 1 heterocycles. The average molecular weight is 126 g/mol. The molecule has 41 valence electrons. The van der Waals surface area contributed by atoms with E-state index in [1.807, 2.05) is 0 Å². The second-order valence-electron chi connectivity index (χ2n) is 1.29. The Hall–Kier alpha value is -0.900. The third-order valence-corrected chi connectivity index (χ3v) is 0.943. The van der Waals surface area contributed by atoms with Crippen LogP contribution in [0.2, 0.25) is 0 Å². The first-order valence-electron chi connectivity index (χ1n) is 2.06. The zero-order valence-electron chi connectivity index (χ0n) is 4.01. The molecule has 8 heavy (non-hydrogen) atoms. The quantitative estimate of drug-likeness (QED) is 0.552. The van der Waals surface area contributed by atoms with Crippen LogP contribution in [0, 0.1) is 0 Å². The Morgan fingerprint density at radius 3 is 2.88 bits per heavy atom. The van der Waals surface area contributed by atoms with Crippen LogP contribution in [0.15, 0.2) is 12.3 Å². The highest BCUT2D eigenvalue weighted by atomic mass is 32.1. The summed E-state index contributed by atoms with van der Waals surface area (Å²) in [4.78, 5) is 0.0752. The highest BCUT2D eigenvalue weighted by molar-refractivity contribution is 7.80. The molecule has 0 amide bonds. The normalized spacial score (nSPS) is 9.00. The summed E-state index contributed by atoms with van der Waals surface area (Å²) in [6.07, 6.45) is 1.64. The highest BCUT2D eigenvalue weighted by Gasteiger charge is 1.94. The number of nitrogens with one attached hydrogen (secondary N) is 2. The van der Waals surface area contributed by atoms with E-state index in [0.717, 1.165) is 0 Å². The van der Waals surface area contributed by atoms with Crippen molar-refractivity contribution in [1.82, 2.24) is 15.9 Å². The number of thiocarbonyl (C=S) groups is 1. The summed E-state index contributed by atoms with van der Waals surface area (Å²) in [5.74, 6) is 0. The van der Waals surface area contributed by atoms with Gasteiger partial charge in [-0.3, -0.25) is 10.8 Å². The van der Waals surface area contributed by atoms with Gasteiger partial charge in [-0.05, 0) is 6.07 Å². The number of H-pyrrole nitrogens is 1. The molecule has 2 N–H and O–H groups in total. The zero-order valence-corrected chi connectivity index (χ0v) is 4.83. The Labute approximate surface area is 51.9 Å². The second-order valence-corrected chi connectivity index (χ2v) is 1.70. The van der Waals surface area contributed by atoms with Gasteiger partial charge in [0.1, 0.15) is 10.7 Å². The molecule has 0 spiro atoms. The van der Waals surface area contributed by atoms with Crippen LogP contribution in [0.25, 0.3) is 0 Å². The van der Waals surface area contributed by atoms with Crippen LogP contribution in [0.1, 0.15) is 5.69 Å². The van der Waals surface area contributed by atoms with Gasteiger partial charge in [0.05, 0.1) is 0 Å². The predicted molar refractivity (Wildman–Crippen MR) is 33.4 cm³/mol. The van der Waals surface area contributed by atoms with Gasteiger partial charge in [0.2, 0.25) is 0 Å². The minimum Gasteiger partial charge on any atom is -0.288 e. The lowest BCUT2D eigenvalue weighted by molar-refractivity contribution is 1.08. The molecule has 3 nitrogen and oxygen atoms in total. The molecular formula is C4H4N3S. The van der Waals surface area contributed by atoms with E-state index in [1.165, 1.54) is 0 Å². The fourth-order valence-electron chi connectivity index (χ4n) is 0.387.